The molecule has 202 valence electrons. The Labute approximate surface area is 230 Å². The van der Waals surface area contributed by atoms with Gasteiger partial charge in [0.15, 0.2) is 17.6 Å². The Morgan fingerprint density at radius 2 is 1.72 bits per heavy atom. The molecule has 0 aromatic heterocycles. The summed E-state index contributed by atoms with van der Waals surface area (Å²) in [5, 5.41) is 0. The van der Waals surface area contributed by atoms with E-state index in [1.807, 2.05) is 42.5 Å². The molecule has 1 fully saturated rings. The van der Waals surface area contributed by atoms with Crippen LogP contribution in [-0.2, 0) is 27.9 Å². The summed E-state index contributed by atoms with van der Waals surface area (Å²) < 4.78 is 24.5. The first-order valence-corrected chi connectivity index (χ1v) is 13.6. The quantitative estimate of drug-likeness (QED) is 0.377. The van der Waals surface area contributed by atoms with Crippen molar-refractivity contribution in [3.05, 3.63) is 107 Å². The first-order valence-electron chi connectivity index (χ1n) is 13.6. The monoisotopic (exact) mass is 525 g/mol. The van der Waals surface area contributed by atoms with Crippen molar-refractivity contribution < 1.29 is 23.7 Å². The molecule has 3 aromatic rings. The minimum Gasteiger partial charge on any atom is -0.497 e. The van der Waals surface area contributed by atoms with E-state index in [4.69, 9.17) is 18.9 Å². The van der Waals surface area contributed by atoms with Gasteiger partial charge in [-0.1, -0.05) is 54.6 Å². The molecular formula is C33H35NO5. The molecule has 6 heteroatoms. The highest BCUT2D eigenvalue weighted by Crippen LogP contribution is 2.59. The first kappa shape index (κ1) is 25.5. The molecule has 6 rings (SSSR count). The Morgan fingerprint density at radius 3 is 2.44 bits per heavy atom. The Balaban J connectivity index is 1.44. The van der Waals surface area contributed by atoms with Gasteiger partial charge in [-0.05, 0) is 61.8 Å². The lowest BCUT2D eigenvalue weighted by Gasteiger charge is -2.58. The van der Waals surface area contributed by atoms with Crippen LogP contribution in [0.2, 0.25) is 0 Å². The molecule has 0 spiro atoms. The fourth-order valence-electron chi connectivity index (χ4n) is 6.90. The van der Waals surface area contributed by atoms with Gasteiger partial charge in [0.2, 0.25) is 0 Å². The van der Waals surface area contributed by atoms with E-state index in [1.54, 1.807) is 26.4 Å². The Morgan fingerprint density at radius 1 is 0.974 bits per heavy atom. The van der Waals surface area contributed by atoms with E-state index in [0.29, 0.717) is 24.6 Å². The van der Waals surface area contributed by atoms with Crippen molar-refractivity contribution >= 4 is 5.97 Å². The number of likely N-dealkylation sites (tertiary alicyclic amines) is 1. The number of fused-ring (bicyclic) bond motifs is 1. The smallest absolute Gasteiger partial charge is 0.338 e. The predicted octanol–water partition coefficient (Wildman–Crippen LogP) is 5.55. The van der Waals surface area contributed by atoms with Crippen molar-refractivity contribution in [2.75, 3.05) is 27.8 Å². The number of esters is 1. The van der Waals surface area contributed by atoms with Crippen molar-refractivity contribution in [3.8, 4) is 11.5 Å². The Hall–Kier alpha value is -3.77. The van der Waals surface area contributed by atoms with Gasteiger partial charge in [0.05, 0.1) is 19.8 Å². The molecule has 0 amide bonds. The molecule has 1 heterocycles. The third kappa shape index (κ3) is 4.47. The van der Waals surface area contributed by atoms with Crippen LogP contribution < -0.4 is 9.47 Å². The Bertz CT molecular complexity index is 1370. The van der Waals surface area contributed by atoms with Crippen LogP contribution in [-0.4, -0.2) is 50.8 Å². The number of likely N-dealkylation sites (N-methyl/N-ethyl adjacent to an activating group) is 1. The van der Waals surface area contributed by atoms with Crippen LogP contribution >= 0.6 is 0 Å². The number of nitrogens with zero attached hydrogens (tertiary/aromatic N) is 1. The molecule has 2 bridgehead atoms. The zero-order chi connectivity index (χ0) is 27.0. The number of hydrogen-bond acceptors (Lipinski definition) is 6. The highest BCUT2D eigenvalue weighted by molar-refractivity contribution is 5.89. The second-order valence-electron chi connectivity index (χ2n) is 10.8. The van der Waals surface area contributed by atoms with Gasteiger partial charge < -0.3 is 23.8 Å². The van der Waals surface area contributed by atoms with Crippen molar-refractivity contribution in [2.45, 2.75) is 43.4 Å². The van der Waals surface area contributed by atoms with Crippen molar-refractivity contribution in [1.29, 1.82) is 0 Å². The molecular weight excluding hydrogens is 490 g/mol. The largest absolute Gasteiger partial charge is 0.497 e. The van der Waals surface area contributed by atoms with Crippen LogP contribution in [0.4, 0.5) is 0 Å². The Kier molecular flexibility index (Phi) is 6.81. The van der Waals surface area contributed by atoms with E-state index >= 15 is 0 Å². The summed E-state index contributed by atoms with van der Waals surface area (Å²) >= 11 is 0. The molecule has 0 radical (unpaired) electrons. The molecule has 0 saturated carbocycles. The van der Waals surface area contributed by atoms with Gasteiger partial charge in [0.1, 0.15) is 12.4 Å². The molecule has 4 atom stereocenters. The minimum atomic E-state index is -0.498. The molecule has 1 unspecified atom stereocenters. The fourth-order valence-corrected chi connectivity index (χ4v) is 6.90. The summed E-state index contributed by atoms with van der Waals surface area (Å²) in [5.41, 5.74) is 3.82. The van der Waals surface area contributed by atoms with E-state index in [-0.39, 0.29) is 17.3 Å². The lowest BCUT2D eigenvalue weighted by atomic mass is 9.53. The van der Waals surface area contributed by atoms with Gasteiger partial charge in [0.25, 0.3) is 0 Å². The number of carbonyl (C=O) groups is 1. The first-order chi connectivity index (χ1) is 19.0. The maximum Gasteiger partial charge on any atom is 0.338 e. The zero-order valence-electron chi connectivity index (χ0n) is 22.8. The number of carbonyl (C=O) groups excluding carboxylic acids is 1. The number of rotatable bonds is 7. The van der Waals surface area contributed by atoms with Crippen LogP contribution in [0, 0.1) is 5.92 Å². The summed E-state index contributed by atoms with van der Waals surface area (Å²) in [6.07, 6.45) is 4.17. The summed E-state index contributed by atoms with van der Waals surface area (Å²) in [5.74, 6) is 2.10. The van der Waals surface area contributed by atoms with Gasteiger partial charge in [-0.25, -0.2) is 4.79 Å². The second-order valence-corrected chi connectivity index (χ2v) is 10.8. The molecule has 1 aliphatic heterocycles. The third-order valence-electron chi connectivity index (χ3n) is 8.82. The normalized spacial score (nSPS) is 25.5. The predicted molar refractivity (Wildman–Crippen MR) is 149 cm³/mol. The number of benzene rings is 3. The van der Waals surface area contributed by atoms with Crippen LogP contribution in [0.5, 0.6) is 11.5 Å². The van der Waals surface area contributed by atoms with Crippen molar-refractivity contribution in [1.82, 2.24) is 4.90 Å². The maximum absolute atomic E-state index is 13.2. The van der Waals surface area contributed by atoms with E-state index in [9.17, 15) is 4.79 Å². The highest BCUT2D eigenvalue weighted by atomic mass is 16.6. The van der Waals surface area contributed by atoms with Crippen LogP contribution in [0.3, 0.4) is 0 Å². The molecule has 3 aromatic carbocycles. The minimum absolute atomic E-state index is 0.191. The van der Waals surface area contributed by atoms with Crippen LogP contribution in [0.15, 0.2) is 84.6 Å². The van der Waals surface area contributed by atoms with Crippen LogP contribution in [0.25, 0.3) is 0 Å². The van der Waals surface area contributed by atoms with Gasteiger partial charge in [-0.2, -0.15) is 0 Å². The fraction of sp³-hybridized carbons (Fsp3) is 0.364. The summed E-state index contributed by atoms with van der Waals surface area (Å²) in [6.45, 7) is 1.40. The SMILES string of the molecule is COC1=C[C@H]2[C@H]3Cc4ccc(OC)c(OCc5ccccc5)c4[C@]2(CCN3C)CC1OC(=O)c1ccccc1. The number of piperidine rings is 1. The topological polar surface area (TPSA) is 57.2 Å². The van der Waals surface area contributed by atoms with Crippen molar-refractivity contribution in [3.63, 3.8) is 0 Å². The number of hydrogen-bond donors (Lipinski definition) is 0. The van der Waals surface area contributed by atoms with E-state index in [1.165, 1.54) is 11.1 Å². The summed E-state index contributed by atoms with van der Waals surface area (Å²) in [6, 6.07) is 23.9. The number of ether oxygens (including phenoxy) is 4. The van der Waals surface area contributed by atoms with E-state index in [0.717, 1.165) is 42.2 Å². The molecule has 3 aliphatic rings. The maximum atomic E-state index is 13.2. The molecule has 39 heavy (non-hydrogen) atoms. The average molecular weight is 526 g/mol. The molecule has 1 saturated heterocycles. The van der Waals surface area contributed by atoms with E-state index < -0.39 is 6.10 Å². The highest BCUT2D eigenvalue weighted by Gasteiger charge is 2.57. The van der Waals surface area contributed by atoms with Gasteiger partial charge >= 0.3 is 5.97 Å². The lowest BCUT2D eigenvalue weighted by molar-refractivity contribution is -0.0218. The van der Waals surface area contributed by atoms with E-state index in [2.05, 4.69) is 36.2 Å². The van der Waals surface area contributed by atoms with Gasteiger partial charge in [-0.3, -0.25) is 0 Å². The molecule has 6 nitrogen and oxygen atoms in total. The standard InChI is InChI=1S/C33H35NO5/c1-34-17-16-33-20-29(39-32(35)23-12-8-5-9-13-23)28(37-3)19-25(33)26(34)18-24-14-15-27(36-2)31(30(24)33)38-21-22-10-6-4-7-11-22/h4-15,19,25-26,29H,16-18,20-21H2,1-3H3/t25-,26+,29?,33+/m0/s1. The number of methoxy groups -OCH3 is 2. The molecule has 2 aliphatic carbocycles. The van der Waals surface area contributed by atoms with Crippen molar-refractivity contribution in [2.24, 2.45) is 5.92 Å². The average Bonchev–Trinajstić information content (AvgIpc) is 2.98. The molecule has 0 N–H and O–H groups in total. The third-order valence-corrected chi connectivity index (χ3v) is 8.82. The summed E-state index contributed by atoms with van der Waals surface area (Å²) in [4.78, 5) is 15.6. The van der Waals surface area contributed by atoms with Gasteiger partial charge in [0, 0.05) is 29.4 Å². The second kappa shape index (κ2) is 10.4. The van der Waals surface area contributed by atoms with Gasteiger partial charge in [-0.15, -0.1) is 0 Å². The zero-order valence-corrected chi connectivity index (χ0v) is 22.8. The van der Waals surface area contributed by atoms with Crippen LogP contribution in [0.1, 0.15) is 39.9 Å². The lowest BCUT2D eigenvalue weighted by Crippen LogP contribution is -2.61. The summed E-state index contributed by atoms with van der Waals surface area (Å²) in [7, 11) is 5.57.